The molecule has 0 radical (unpaired) electrons. The molecule has 2 nitrogen and oxygen atoms in total. The minimum atomic E-state index is 1.12. The van der Waals surface area contributed by atoms with E-state index in [1.165, 1.54) is 43.6 Å². The number of nitrogens with zero attached hydrogens (tertiary/aromatic N) is 2. The van der Waals surface area contributed by atoms with Crippen LogP contribution in [0.3, 0.4) is 0 Å². The molecule has 0 unspecified atom stereocenters. The third kappa shape index (κ3) is 4.69. The van der Waals surface area contributed by atoms with E-state index in [0.717, 1.165) is 6.54 Å². The van der Waals surface area contributed by atoms with Crippen molar-refractivity contribution < 1.29 is 0 Å². The van der Waals surface area contributed by atoms with Crippen LogP contribution in [0.5, 0.6) is 0 Å². The summed E-state index contributed by atoms with van der Waals surface area (Å²) in [5.74, 6) is 0. The average Bonchev–Trinajstić information content (AvgIpc) is 2.43. The van der Waals surface area contributed by atoms with Gasteiger partial charge in [0.05, 0.1) is 0 Å². The first-order chi connectivity index (χ1) is 8.75. The zero-order valence-corrected chi connectivity index (χ0v) is 12.4. The average molecular weight is 248 g/mol. The molecule has 1 aromatic carbocycles. The molecule has 2 rings (SSSR count). The van der Waals surface area contributed by atoms with Crippen LogP contribution in [0.4, 0.5) is 5.69 Å². The molecule has 1 aromatic rings. The largest absolute Gasteiger partial charge is 0.378 e. The molecule has 1 aliphatic heterocycles. The first-order valence-electron chi connectivity index (χ1n) is 7.24. The first-order valence-corrected chi connectivity index (χ1v) is 7.24. The second-order valence-corrected chi connectivity index (χ2v) is 4.90. The molecule has 0 atom stereocenters. The molecular weight excluding hydrogens is 220 g/mol. The van der Waals surface area contributed by atoms with Gasteiger partial charge in [-0.15, -0.1) is 0 Å². The summed E-state index contributed by atoms with van der Waals surface area (Å²) < 4.78 is 0. The van der Waals surface area contributed by atoms with E-state index in [2.05, 4.69) is 48.2 Å². The van der Waals surface area contributed by atoms with Crippen LogP contribution < -0.4 is 4.90 Å². The van der Waals surface area contributed by atoms with Crippen LogP contribution in [0.2, 0.25) is 0 Å². The van der Waals surface area contributed by atoms with Gasteiger partial charge < -0.3 is 4.90 Å². The maximum Gasteiger partial charge on any atom is 0.0361 e. The molecule has 0 bridgehead atoms. The molecule has 0 aromatic heterocycles. The highest BCUT2D eigenvalue weighted by Gasteiger charge is 2.10. The highest BCUT2D eigenvalue weighted by atomic mass is 15.1. The van der Waals surface area contributed by atoms with E-state index in [1.807, 2.05) is 13.8 Å². The van der Waals surface area contributed by atoms with Crippen molar-refractivity contribution in [2.24, 2.45) is 0 Å². The molecule has 2 heteroatoms. The summed E-state index contributed by atoms with van der Waals surface area (Å²) in [4.78, 5) is 4.71. The van der Waals surface area contributed by atoms with Crippen molar-refractivity contribution in [3.63, 3.8) is 0 Å². The van der Waals surface area contributed by atoms with Crippen molar-refractivity contribution in [1.82, 2.24) is 4.90 Å². The second-order valence-electron chi connectivity index (χ2n) is 4.90. The van der Waals surface area contributed by atoms with E-state index in [9.17, 15) is 0 Å². The molecule has 0 amide bonds. The quantitative estimate of drug-likeness (QED) is 0.803. The van der Waals surface area contributed by atoms with Gasteiger partial charge in [-0.3, -0.25) is 4.90 Å². The van der Waals surface area contributed by atoms with Gasteiger partial charge in [0.25, 0.3) is 0 Å². The van der Waals surface area contributed by atoms with Crippen LogP contribution in [0.25, 0.3) is 0 Å². The van der Waals surface area contributed by atoms with Gasteiger partial charge >= 0.3 is 0 Å². The summed E-state index contributed by atoms with van der Waals surface area (Å²) in [7, 11) is 4.17. The summed E-state index contributed by atoms with van der Waals surface area (Å²) in [5, 5.41) is 0. The van der Waals surface area contributed by atoms with Gasteiger partial charge in [0, 0.05) is 26.3 Å². The molecule has 0 saturated carbocycles. The molecule has 1 aliphatic rings. The van der Waals surface area contributed by atoms with Gasteiger partial charge in [-0.05, 0) is 43.6 Å². The summed E-state index contributed by atoms with van der Waals surface area (Å²) in [5.41, 5.74) is 2.72. The molecule has 0 spiro atoms. The van der Waals surface area contributed by atoms with Crippen molar-refractivity contribution in [1.29, 1.82) is 0 Å². The Hall–Kier alpha value is -1.02. The fraction of sp³-hybridized carbons (Fsp3) is 0.625. The normalized spacial score (nSPS) is 15.8. The molecule has 102 valence electrons. The van der Waals surface area contributed by atoms with E-state index < -0.39 is 0 Å². The lowest BCUT2D eigenvalue weighted by molar-refractivity contribution is 0.221. The highest BCUT2D eigenvalue weighted by molar-refractivity contribution is 5.45. The number of anilines is 1. The lowest BCUT2D eigenvalue weighted by atomic mass is 10.1. The van der Waals surface area contributed by atoms with Crippen molar-refractivity contribution in [3.05, 3.63) is 29.8 Å². The van der Waals surface area contributed by atoms with Crippen LogP contribution in [-0.4, -0.2) is 32.1 Å². The van der Waals surface area contributed by atoms with Gasteiger partial charge in [-0.1, -0.05) is 32.4 Å². The van der Waals surface area contributed by atoms with Crippen molar-refractivity contribution >= 4 is 5.69 Å². The number of hydrogen-bond acceptors (Lipinski definition) is 2. The SMILES string of the molecule is CC.CN(C)c1ccc(CN2CCCCC2)cc1. The van der Waals surface area contributed by atoms with Crippen molar-refractivity contribution in [2.75, 3.05) is 32.1 Å². The fourth-order valence-electron chi connectivity index (χ4n) is 2.28. The smallest absolute Gasteiger partial charge is 0.0361 e. The monoisotopic (exact) mass is 248 g/mol. The van der Waals surface area contributed by atoms with Gasteiger partial charge in [0.2, 0.25) is 0 Å². The number of hydrogen-bond donors (Lipinski definition) is 0. The van der Waals surface area contributed by atoms with Crippen molar-refractivity contribution in [3.8, 4) is 0 Å². The Balaban J connectivity index is 0.000000771. The van der Waals surface area contributed by atoms with E-state index in [0.29, 0.717) is 0 Å². The molecule has 1 heterocycles. The Morgan fingerprint density at radius 1 is 0.944 bits per heavy atom. The summed E-state index contributed by atoms with van der Waals surface area (Å²) in [6.45, 7) is 7.67. The van der Waals surface area contributed by atoms with Crippen LogP contribution in [-0.2, 0) is 6.54 Å². The third-order valence-electron chi connectivity index (χ3n) is 3.31. The molecule has 0 aliphatic carbocycles. The molecule has 18 heavy (non-hydrogen) atoms. The predicted octanol–water partition coefficient (Wildman–Crippen LogP) is 3.76. The van der Waals surface area contributed by atoms with Crippen LogP contribution in [0.1, 0.15) is 38.7 Å². The van der Waals surface area contributed by atoms with Crippen LogP contribution >= 0.6 is 0 Å². The Kier molecular flexibility index (Phi) is 6.81. The zero-order valence-electron chi connectivity index (χ0n) is 12.4. The highest BCUT2D eigenvalue weighted by Crippen LogP contribution is 2.16. The molecule has 1 fully saturated rings. The fourth-order valence-corrected chi connectivity index (χ4v) is 2.28. The van der Waals surface area contributed by atoms with Gasteiger partial charge in [-0.2, -0.15) is 0 Å². The maximum absolute atomic E-state index is 2.56. The van der Waals surface area contributed by atoms with Crippen LogP contribution in [0, 0.1) is 0 Å². The Labute approximate surface area is 113 Å². The minimum absolute atomic E-state index is 1.12. The van der Waals surface area contributed by atoms with E-state index in [-0.39, 0.29) is 0 Å². The molecule has 0 N–H and O–H groups in total. The lowest BCUT2D eigenvalue weighted by Gasteiger charge is -2.26. The van der Waals surface area contributed by atoms with E-state index >= 15 is 0 Å². The predicted molar refractivity (Wildman–Crippen MR) is 81.2 cm³/mol. The van der Waals surface area contributed by atoms with Gasteiger partial charge in [0.15, 0.2) is 0 Å². The topological polar surface area (TPSA) is 6.48 Å². The maximum atomic E-state index is 2.56. The molecular formula is C16H28N2. The van der Waals surface area contributed by atoms with Crippen LogP contribution in [0.15, 0.2) is 24.3 Å². The zero-order chi connectivity index (χ0) is 13.4. The van der Waals surface area contributed by atoms with Gasteiger partial charge in [-0.25, -0.2) is 0 Å². The minimum Gasteiger partial charge on any atom is -0.378 e. The van der Waals surface area contributed by atoms with Gasteiger partial charge in [0.1, 0.15) is 0 Å². The van der Waals surface area contributed by atoms with Crippen molar-refractivity contribution in [2.45, 2.75) is 39.7 Å². The third-order valence-corrected chi connectivity index (χ3v) is 3.31. The lowest BCUT2D eigenvalue weighted by Crippen LogP contribution is -2.29. The Morgan fingerprint density at radius 3 is 2.00 bits per heavy atom. The summed E-state index contributed by atoms with van der Waals surface area (Å²) >= 11 is 0. The first kappa shape index (κ1) is 15.0. The van der Waals surface area contributed by atoms with E-state index in [4.69, 9.17) is 0 Å². The Morgan fingerprint density at radius 2 is 1.50 bits per heavy atom. The number of likely N-dealkylation sites (tertiary alicyclic amines) is 1. The Bertz CT molecular complexity index is 310. The molecule has 1 saturated heterocycles. The second kappa shape index (κ2) is 8.15. The standard InChI is InChI=1S/C14H22N2.C2H6/c1-15(2)14-8-6-13(7-9-14)12-16-10-4-3-5-11-16;1-2/h6-9H,3-5,10-12H2,1-2H3;1-2H3. The number of benzene rings is 1. The number of piperidine rings is 1. The number of rotatable bonds is 3. The van der Waals surface area contributed by atoms with E-state index in [1.54, 1.807) is 0 Å². The summed E-state index contributed by atoms with van der Waals surface area (Å²) in [6, 6.07) is 8.92. The summed E-state index contributed by atoms with van der Waals surface area (Å²) in [6.07, 6.45) is 4.15.